The van der Waals surface area contributed by atoms with Crippen LogP contribution in [0.4, 0.5) is 0 Å². The molecule has 0 radical (unpaired) electrons. The molecule has 0 aliphatic heterocycles. The van der Waals surface area contributed by atoms with Crippen LogP contribution in [0.25, 0.3) is 0 Å². The molecule has 1 saturated carbocycles. The van der Waals surface area contributed by atoms with E-state index in [1.807, 2.05) is 6.92 Å². The van der Waals surface area contributed by atoms with Crippen molar-refractivity contribution in [3.8, 4) is 0 Å². The molecular formula is C16H35IN4O3S. The van der Waals surface area contributed by atoms with Crippen LogP contribution in [0.15, 0.2) is 4.99 Å². The Kier molecular flexibility index (Phi) is 14.9. The van der Waals surface area contributed by atoms with Crippen LogP contribution in [0.5, 0.6) is 0 Å². The fraction of sp³-hybridized carbons (Fsp3) is 0.938. The Bertz CT molecular complexity index is 454. The van der Waals surface area contributed by atoms with E-state index in [0.29, 0.717) is 31.7 Å². The third-order valence-electron chi connectivity index (χ3n) is 3.94. The van der Waals surface area contributed by atoms with Gasteiger partial charge in [0.1, 0.15) is 0 Å². The number of sulfonamides is 1. The second-order valence-corrected chi connectivity index (χ2v) is 8.07. The van der Waals surface area contributed by atoms with Gasteiger partial charge in [0.15, 0.2) is 5.96 Å². The number of aliphatic imine (C=N–C) groups is 1. The summed E-state index contributed by atoms with van der Waals surface area (Å²) in [6.07, 6.45) is 7.66. The summed E-state index contributed by atoms with van der Waals surface area (Å²) in [5, 5.41) is 6.28. The van der Waals surface area contributed by atoms with Gasteiger partial charge in [-0.3, -0.25) is 4.99 Å². The van der Waals surface area contributed by atoms with Crippen LogP contribution in [0, 0.1) is 0 Å². The molecule has 1 aliphatic rings. The molecule has 150 valence electrons. The molecule has 3 N–H and O–H groups in total. The van der Waals surface area contributed by atoms with Gasteiger partial charge >= 0.3 is 0 Å². The van der Waals surface area contributed by atoms with Crippen molar-refractivity contribution < 1.29 is 13.2 Å². The Hall–Kier alpha value is -0.130. The molecule has 0 atom stereocenters. The van der Waals surface area contributed by atoms with Gasteiger partial charge in [-0.05, 0) is 33.1 Å². The lowest BCUT2D eigenvalue weighted by molar-refractivity contribution is 0.0281. The van der Waals surface area contributed by atoms with E-state index in [1.54, 1.807) is 6.92 Å². The van der Waals surface area contributed by atoms with E-state index in [0.717, 1.165) is 19.6 Å². The largest absolute Gasteiger partial charge is 0.378 e. The lowest BCUT2D eigenvalue weighted by Gasteiger charge is -2.21. The molecule has 1 aliphatic carbocycles. The first-order chi connectivity index (χ1) is 11.6. The maximum absolute atomic E-state index is 11.3. The van der Waals surface area contributed by atoms with Gasteiger partial charge in [0, 0.05) is 32.8 Å². The maximum atomic E-state index is 11.3. The van der Waals surface area contributed by atoms with Crippen molar-refractivity contribution >= 4 is 40.0 Å². The number of hydrogen-bond donors (Lipinski definition) is 3. The van der Waals surface area contributed by atoms with Crippen LogP contribution in [-0.4, -0.2) is 59.0 Å². The minimum absolute atomic E-state index is 0. The van der Waals surface area contributed by atoms with Crippen LogP contribution >= 0.6 is 24.0 Å². The standard InChI is InChI=1S/C16H34N4O3S.HI/c1-3-17-16(19-12-13-20-24(21,22)4-2)18-11-8-14-23-15-9-6-5-7-10-15;/h15,20H,3-14H2,1-2H3,(H2,17,18,19);1H. The summed E-state index contributed by atoms with van der Waals surface area (Å²) in [5.41, 5.74) is 0. The number of nitrogens with zero attached hydrogens (tertiary/aromatic N) is 1. The third-order valence-corrected chi connectivity index (χ3v) is 5.35. The first-order valence-electron chi connectivity index (χ1n) is 9.18. The molecule has 0 aromatic carbocycles. The predicted molar refractivity (Wildman–Crippen MR) is 114 cm³/mol. The summed E-state index contributed by atoms with van der Waals surface area (Å²) in [4.78, 5) is 4.49. The molecule has 0 aromatic rings. The quantitative estimate of drug-likeness (QED) is 0.178. The van der Waals surface area contributed by atoms with Gasteiger partial charge < -0.3 is 15.4 Å². The topological polar surface area (TPSA) is 91.8 Å². The van der Waals surface area contributed by atoms with Gasteiger partial charge in [-0.25, -0.2) is 13.1 Å². The first-order valence-corrected chi connectivity index (χ1v) is 10.8. The smallest absolute Gasteiger partial charge is 0.211 e. The van der Waals surface area contributed by atoms with Gasteiger partial charge in [0.25, 0.3) is 0 Å². The van der Waals surface area contributed by atoms with E-state index < -0.39 is 10.0 Å². The minimum atomic E-state index is -3.13. The van der Waals surface area contributed by atoms with Crippen molar-refractivity contribution in [3.63, 3.8) is 0 Å². The summed E-state index contributed by atoms with van der Waals surface area (Å²) in [6, 6.07) is 0. The number of hydrogen-bond acceptors (Lipinski definition) is 4. The highest BCUT2D eigenvalue weighted by atomic mass is 127. The van der Waals surface area contributed by atoms with Crippen molar-refractivity contribution in [2.75, 3.05) is 38.5 Å². The molecule has 0 spiro atoms. The minimum Gasteiger partial charge on any atom is -0.378 e. The van der Waals surface area contributed by atoms with Crippen LogP contribution < -0.4 is 15.4 Å². The maximum Gasteiger partial charge on any atom is 0.211 e. The van der Waals surface area contributed by atoms with Crippen molar-refractivity contribution in [1.29, 1.82) is 0 Å². The molecule has 1 fully saturated rings. The van der Waals surface area contributed by atoms with Gasteiger partial charge in [0.2, 0.25) is 10.0 Å². The first kappa shape index (κ1) is 24.9. The monoisotopic (exact) mass is 490 g/mol. The van der Waals surface area contributed by atoms with Crippen molar-refractivity contribution in [2.45, 2.75) is 58.5 Å². The van der Waals surface area contributed by atoms with Crippen LogP contribution in [0.2, 0.25) is 0 Å². The molecule has 1 rings (SSSR count). The molecule has 7 nitrogen and oxygen atoms in total. The average molecular weight is 490 g/mol. The summed E-state index contributed by atoms with van der Waals surface area (Å²) >= 11 is 0. The summed E-state index contributed by atoms with van der Waals surface area (Å²) in [5.74, 6) is 0.813. The van der Waals surface area contributed by atoms with E-state index >= 15 is 0 Å². The normalized spacial score (nSPS) is 16.3. The zero-order valence-corrected chi connectivity index (χ0v) is 18.7. The lowest BCUT2D eigenvalue weighted by atomic mass is 9.98. The summed E-state index contributed by atoms with van der Waals surface area (Å²) in [7, 11) is -3.13. The number of ether oxygens (including phenoxy) is 1. The zero-order valence-electron chi connectivity index (χ0n) is 15.6. The van der Waals surface area contributed by atoms with Gasteiger partial charge in [-0.15, -0.1) is 24.0 Å². The molecule has 0 unspecified atom stereocenters. The van der Waals surface area contributed by atoms with Crippen molar-refractivity contribution in [3.05, 3.63) is 0 Å². The van der Waals surface area contributed by atoms with E-state index in [4.69, 9.17) is 4.74 Å². The van der Waals surface area contributed by atoms with E-state index in [2.05, 4.69) is 20.3 Å². The number of guanidine groups is 1. The van der Waals surface area contributed by atoms with Crippen molar-refractivity contribution in [1.82, 2.24) is 15.4 Å². The highest BCUT2D eigenvalue weighted by Gasteiger charge is 2.12. The molecule has 0 aromatic heterocycles. The molecule has 0 heterocycles. The third kappa shape index (κ3) is 12.8. The summed E-state index contributed by atoms with van der Waals surface area (Å²) in [6.45, 7) is 6.70. The molecule has 0 amide bonds. The lowest BCUT2D eigenvalue weighted by Crippen LogP contribution is -2.41. The number of halogens is 1. The fourth-order valence-corrected chi connectivity index (χ4v) is 3.19. The Balaban J connectivity index is 0.00000576. The van der Waals surface area contributed by atoms with E-state index in [1.165, 1.54) is 32.1 Å². The molecule has 25 heavy (non-hydrogen) atoms. The van der Waals surface area contributed by atoms with Crippen LogP contribution in [0.1, 0.15) is 52.4 Å². The summed E-state index contributed by atoms with van der Waals surface area (Å²) < 4.78 is 31.1. The van der Waals surface area contributed by atoms with Gasteiger partial charge in [0.05, 0.1) is 11.9 Å². The zero-order chi connectivity index (χ0) is 17.7. The van der Waals surface area contributed by atoms with Crippen LogP contribution in [-0.2, 0) is 14.8 Å². The fourth-order valence-electron chi connectivity index (χ4n) is 2.57. The Morgan fingerprint density at radius 2 is 1.84 bits per heavy atom. The number of nitrogens with one attached hydrogen (secondary N) is 3. The Labute approximate surface area is 170 Å². The number of rotatable bonds is 11. The predicted octanol–water partition coefficient (Wildman–Crippen LogP) is 1.84. The SMILES string of the molecule is CCNC(=NCCCOC1CCCCC1)NCCNS(=O)(=O)CC.I. The van der Waals surface area contributed by atoms with Crippen molar-refractivity contribution in [2.24, 2.45) is 4.99 Å². The van der Waals surface area contributed by atoms with Crippen LogP contribution in [0.3, 0.4) is 0 Å². The highest BCUT2D eigenvalue weighted by molar-refractivity contribution is 14.0. The Morgan fingerprint density at radius 3 is 2.48 bits per heavy atom. The highest BCUT2D eigenvalue weighted by Crippen LogP contribution is 2.20. The molecule has 0 bridgehead atoms. The van der Waals surface area contributed by atoms with Gasteiger partial charge in [-0.1, -0.05) is 19.3 Å². The Morgan fingerprint density at radius 1 is 1.12 bits per heavy atom. The molecule has 0 saturated heterocycles. The van der Waals surface area contributed by atoms with Gasteiger partial charge in [-0.2, -0.15) is 0 Å². The average Bonchev–Trinajstić information content (AvgIpc) is 2.59. The second kappa shape index (κ2) is 15.0. The van der Waals surface area contributed by atoms with E-state index in [9.17, 15) is 8.42 Å². The molecular weight excluding hydrogens is 455 g/mol. The van der Waals surface area contributed by atoms with E-state index in [-0.39, 0.29) is 29.7 Å². The second-order valence-electron chi connectivity index (χ2n) is 5.97. The molecule has 9 heteroatoms.